The number of fused-ring (bicyclic) bond motifs is 1. The lowest BCUT2D eigenvalue weighted by molar-refractivity contribution is 1.18. The quantitative estimate of drug-likeness (QED) is 0.231. The van der Waals surface area contributed by atoms with Crippen molar-refractivity contribution < 1.29 is 0 Å². The Bertz CT molecular complexity index is 1870. The fraction of sp³-hybridized carbons (Fsp3) is 0. The van der Waals surface area contributed by atoms with Gasteiger partial charge in [-0.15, -0.1) is 0 Å². The molecule has 5 aromatic carbocycles. The van der Waals surface area contributed by atoms with Crippen LogP contribution in [-0.4, -0.2) is 15.0 Å². The molecule has 7 rings (SSSR count). The third-order valence-corrected chi connectivity index (χ3v) is 7.17. The normalized spacial score (nSPS) is 11.0. The number of hydrogen-bond donors (Lipinski definition) is 0. The van der Waals surface area contributed by atoms with E-state index in [0.717, 1.165) is 39.5 Å². The number of rotatable bonds is 5. The van der Waals surface area contributed by atoms with Gasteiger partial charge in [0.05, 0.1) is 11.4 Å². The third-order valence-electron chi connectivity index (χ3n) is 7.17. The summed E-state index contributed by atoms with van der Waals surface area (Å²) < 4.78 is 0. The van der Waals surface area contributed by atoms with E-state index in [9.17, 15) is 0 Å². The van der Waals surface area contributed by atoms with Crippen molar-refractivity contribution in [3.05, 3.63) is 152 Å². The third kappa shape index (κ3) is 4.77. The summed E-state index contributed by atoms with van der Waals surface area (Å²) in [4.78, 5) is 14.1. The SMILES string of the molecule is c1ccc(-c2cc(-c3cccc(-c4ccc5cc(-c6ccncc6)ccc5c4)c3)nc(-c3ccccc3)n2)cc1. The van der Waals surface area contributed by atoms with Crippen molar-refractivity contribution in [1.82, 2.24) is 15.0 Å². The molecule has 2 aromatic heterocycles. The van der Waals surface area contributed by atoms with Crippen molar-refractivity contribution in [2.45, 2.75) is 0 Å². The predicted molar refractivity (Wildman–Crippen MR) is 165 cm³/mol. The smallest absolute Gasteiger partial charge is 0.160 e. The molecule has 0 N–H and O–H groups in total. The van der Waals surface area contributed by atoms with E-state index in [1.165, 1.54) is 27.5 Å². The van der Waals surface area contributed by atoms with Gasteiger partial charge in [0.1, 0.15) is 0 Å². The number of aromatic nitrogens is 3. The second-order valence-corrected chi connectivity index (χ2v) is 9.79. The largest absolute Gasteiger partial charge is 0.265 e. The van der Waals surface area contributed by atoms with Crippen molar-refractivity contribution in [3.8, 4) is 56.2 Å². The molecule has 0 unspecified atom stereocenters. The van der Waals surface area contributed by atoms with E-state index in [2.05, 4.69) is 96.0 Å². The van der Waals surface area contributed by atoms with Gasteiger partial charge in [0.25, 0.3) is 0 Å². The molecule has 40 heavy (non-hydrogen) atoms. The Balaban J connectivity index is 1.29. The van der Waals surface area contributed by atoms with Crippen molar-refractivity contribution in [3.63, 3.8) is 0 Å². The molecule has 0 spiro atoms. The molecule has 0 aliphatic rings. The fourth-order valence-electron chi connectivity index (χ4n) is 5.08. The summed E-state index contributed by atoms with van der Waals surface area (Å²) in [5, 5.41) is 2.42. The first kappa shape index (κ1) is 23.7. The maximum atomic E-state index is 5.01. The summed E-state index contributed by atoms with van der Waals surface area (Å²) >= 11 is 0. The number of pyridine rings is 1. The van der Waals surface area contributed by atoms with E-state index in [4.69, 9.17) is 9.97 Å². The van der Waals surface area contributed by atoms with Gasteiger partial charge in [0.2, 0.25) is 0 Å². The molecule has 0 radical (unpaired) electrons. The molecule has 0 saturated carbocycles. The number of benzene rings is 5. The van der Waals surface area contributed by atoms with Crippen LogP contribution in [0.5, 0.6) is 0 Å². The molecule has 3 nitrogen and oxygen atoms in total. The van der Waals surface area contributed by atoms with Gasteiger partial charge in [-0.1, -0.05) is 103 Å². The molecule has 7 aromatic rings. The molecule has 0 fully saturated rings. The average molecular weight is 512 g/mol. The highest BCUT2D eigenvalue weighted by molar-refractivity contribution is 5.91. The predicted octanol–water partition coefficient (Wildman–Crippen LogP) is 9.36. The Kier molecular flexibility index (Phi) is 6.15. The first-order chi connectivity index (χ1) is 19.8. The van der Waals surface area contributed by atoms with E-state index in [1.54, 1.807) is 0 Å². The van der Waals surface area contributed by atoms with E-state index in [1.807, 2.05) is 60.9 Å². The van der Waals surface area contributed by atoms with Crippen molar-refractivity contribution in [2.24, 2.45) is 0 Å². The van der Waals surface area contributed by atoms with E-state index in [-0.39, 0.29) is 0 Å². The lowest BCUT2D eigenvalue weighted by atomic mass is 9.96. The molecule has 0 amide bonds. The zero-order valence-corrected chi connectivity index (χ0v) is 21.8. The Hall–Kier alpha value is -5.41. The molecule has 188 valence electrons. The first-order valence-corrected chi connectivity index (χ1v) is 13.4. The number of hydrogen-bond acceptors (Lipinski definition) is 3. The monoisotopic (exact) mass is 511 g/mol. The molecule has 0 atom stereocenters. The van der Waals surface area contributed by atoms with Gasteiger partial charge in [-0.25, -0.2) is 9.97 Å². The van der Waals surface area contributed by atoms with Gasteiger partial charge >= 0.3 is 0 Å². The van der Waals surface area contributed by atoms with Gasteiger partial charge in [0.15, 0.2) is 5.82 Å². The maximum absolute atomic E-state index is 5.01. The van der Waals surface area contributed by atoms with Gasteiger partial charge in [0, 0.05) is 29.1 Å². The van der Waals surface area contributed by atoms with E-state index in [0.29, 0.717) is 0 Å². The van der Waals surface area contributed by atoms with Crippen LogP contribution in [0.15, 0.2) is 152 Å². The van der Waals surface area contributed by atoms with Crippen LogP contribution in [0.25, 0.3) is 66.9 Å². The molecule has 0 aliphatic carbocycles. The summed E-state index contributed by atoms with van der Waals surface area (Å²) in [5.41, 5.74) is 9.62. The topological polar surface area (TPSA) is 38.7 Å². The Morgan fingerprint density at radius 3 is 1.52 bits per heavy atom. The summed E-state index contributed by atoms with van der Waals surface area (Å²) in [6.45, 7) is 0. The van der Waals surface area contributed by atoms with Crippen LogP contribution in [0.3, 0.4) is 0 Å². The molecule has 3 heteroatoms. The van der Waals surface area contributed by atoms with Gasteiger partial charge in [-0.05, 0) is 69.4 Å². The van der Waals surface area contributed by atoms with E-state index >= 15 is 0 Å². The molecule has 0 saturated heterocycles. The zero-order chi connectivity index (χ0) is 26.7. The van der Waals surface area contributed by atoms with Crippen LogP contribution in [0.2, 0.25) is 0 Å². The van der Waals surface area contributed by atoms with Crippen molar-refractivity contribution in [2.75, 3.05) is 0 Å². The van der Waals surface area contributed by atoms with E-state index < -0.39 is 0 Å². The Labute approximate surface area is 233 Å². The molecule has 0 bridgehead atoms. The zero-order valence-electron chi connectivity index (χ0n) is 21.8. The van der Waals surface area contributed by atoms with Crippen molar-refractivity contribution >= 4 is 10.8 Å². The van der Waals surface area contributed by atoms with Crippen LogP contribution in [0.4, 0.5) is 0 Å². The van der Waals surface area contributed by atoms with Gasteiger partial charge in [-0.2, -0.15) is 0 Å². The second kappa shape index (κ2) is 10.4. The first-order valence-electron chi connectivity index (χ1n) is 13.4. The molecule has 2 heterocycles. The highest BCUT2D eigenvalue weighted by atomic mass is 14.9. The summed E-state index contributed by atoms with van der Waals surface area (Å²) in [6, 6.07) is 48.5. The van der Waals surface area contributed by atoms with Crippen LogP contribution in [0.1, 0.15) is 0 Å². The highest BCUT2D eigenvalue weighted by Gasteiger charge is 2.11. The summed E-state index contributed by atoms with van der Waals surface area (Å²) in [6.07, 6.45) is 3.66. The van der Waals surface area contributed by atoms with Crippen LogP contribution in [-0.2, 0) is 0 Å². The Morgan fingerprint density at radius 2 is 0.850 bits per heavy atom. The minimum atomic E-state index is 0.720. The molecular weight excluding hydrogens is 486 g/mol. The maximum Gasteiger partial charge on any atom is 0.160 e. The lowest BCUT2D eigenvalue weighted by Crippen LogP contribution is -1.96. The lowest BCUT2D eigenvalue weighted by Gasteiger charge is -2.11. The standard InChI is InChI=1S/C37H25N3/c1-3-8-27(9-4-1)35-25-36(40-37(39-35)28-10-5-2-6-11-28)34-13-7-12-29(24-34)31-16-17-32-22-30(14-15-33(32)23-31)26-18-20-38-21-19-26/h1-25H. The van der Waals surface area contributed by atoms with Crippen LogP contribution >= 0.6 is 0 Å². The fourth-order valence-corrected chi connectivity index (χ4v) is 5.08. The van der Waals surface area contributed by atoms with Crippen molar-refractivity contribution in [1.29, 1.82) is 0 Å². The van der Waals surface area contributed by atoms with Gasteiger partial charge < -0.3 is 0 Å². The molecular formula is C37H25N3. The average Bonchev–Trinajstić information content (AvgIpc) is 3.05. The minimum absolute atomic E-state index is 0.720. The Morgan fingerprint density at radius 1 is 0.325 bits per heavy atom. The van der Waals surface area contributed by atoms with Crippen LogP contribution < -0.4 is 0 Å². The highest BCUT2D eigenvalue weighted by Crippen LogP contribution is 2.32. The number of nitrogens with zero attached hydrogens (tertiary/aromatic N) is 3. The minimum Gasteiger partial charge on any atom is -0.265 e. The summed E-state index contributed by atoms with van der Waals surface area (Å²) in [5.74, 6) is 0.720. The summed E-state index contributed by atoms with van der Waals surface area (Å²) in [7, 11) is 0. The van der Waals surface area contributed by atoms with Gasteiger partial charge in [-0.3, -0.25) is 4.98 Å². The molecule has 0 aliphatic heterocycles. The second-order valence-electron chi connectivity index (χ2n) is 9.79. The van der Waals surface area contributed by atoms with Crippen LogP contribution in [0, 0.1) is 0 Å².